The number of benzene rings is 2. The number of rotatable bonds is 4. The molecule has 0 bridgehead atoms. The van der Waals surface area contributed by atoms with Crippen LogP contribution in [-0.2, 0) is 6.54 Å². The molecule has 1 fully saturated rings. The van der Waals surface area contributed by atoms with Crippen LogP contribution < -0.4 is 0 Å². The SMILES string of the molecule is O=C(c1cccc(-n2cnnc2)c1)N1CCN(Cc2cccc(F)c2)CC1. The molecule has 0 unspecified atom stereocenters. The van der Waals surface area contributed by atoms with Gasteiger partial charge in [0.2, 0.25) is 0 Å². The van der Waals surface area contributed by atoms with Gasteiger partial charge in [-0.1, -0.05) is 18.2 Å². The number of hydrogen-bond donors (Lipinski definition) is 0. The topological polar surface area (TPSA) is 54.3 Å². The maximum absolute atomic E-state index is 13.3. The van der Waals surface area contributed by atoms with Gasteiger partial charge in [0, 0.05) is 44.0 Å². The fourth-order valence-electron chi connectivity index (χ4n) is 3.32. The van der Waals surface area contributed by atoms with Gasteiger partial charge in [-0.15, -0.1) is 10.2 Å². The normalized spacial score (nSPS) is 15.1. The van der Waals surface area contributed by atoms with Crippen molar-refractivity contribution in [2.45, 2.75) is 6.54 Å². The van der Waals surface area contributed by atoms with Crippen LogP contribution in [-0.4, -0.2) is 56.7 Å². The van der Waals surface area contributed by atoms with Crippen molar-refractivity contribution in [1.29, 1.82) is 0 Å². The molecule has 4 rings (SSSR count). The summed E-state index contributed by atoms with van der Waals surface area (Å²) in [6, 6.07) is 14.1. The fourth-order valence-corrected chi connectivity index (χ4v) is 3.32. The van der Waals surface area contributed by atoms with Crippen molar-refractivity contribution >= 4 is 5.91 Å². The van der Waals surface area contributed by atoms with E-state index in [0.29, 0.717) is 25.2 Å². The van der Waals surface area contributed by atoms with Crippen molar-refractivity contribution in [2.75, 3.05) is 26.2 Å². The fraction of sp³-hybridized carbons (Fsp3) is 0.250. The van der Waals surface area contributed by atoms with E-state index in [-0.39, 0.29) is 11.7 Å². The summed E-state index contributed by atoms with van der Waals surface area (Å²) in [7, 11) is 0. The Morgan fingerprint density at radius 1 is 0.963 bits per heavy atom. The third-order valence-electron chi connectivity index (χ3n) is 4.76. The lowest BCUT2D eigenvalue weighted by Gasteiger charge is -2.34. The number of piperazine rings is 1. The lowest BCUT2D eigenvalue weighted by molar-refractivity contribution is 0.0628. The second kappa shape index (κ2) is 7.67. The van der Waals surface area contributed by atoms with Gasteiger partial charge in [0.15, 0.2) is 0 Å². The molecule has 0 N–H and O–H groups in total. The number of nitrogens with zero attached hydrogens (tertiary/aromatic N) is 5. The van der Waals surface area contributed by atoms with E-state index in [1.54, 1.807) is 29.4 Å². The Morgan fingerprint density at radius 3 is 2.44 bits per heavy atom. The molecule has 1 aliphatic heterocycles. The standard InChI is InChI=1S/C20H20FN5O/c21-18-5-1-3-16(11-18)13-24-7-9-25(10-8-24)20(27)17-4-2-6-19(12-17)26-14-22-23-15-26/h1-6,11-12,14-15H,7-10,13H2. The first kappa shape index (κ1) is 17.4. The third kappa shape index (κ3) is 4.03. The molecule has 0 spiro atoms. The maximum atomic E-state index is 13.3. The molecule has 1 saturated heterocycles. The summed E-state index contributed by atoms with van der Waals surface area (Å²) >= 11 is 0. The molecule has 138 valence electrons. The van der Waals surface area contributed by atoms with E-state index < -0.39 is 0 Å². The highest BCUT2D eigenvalue weighted by molar-refractivity contribution is 5.94. The van der Waals surface area contributed by atoms with Crippen molar-refractivity contribution < 1.29 is 9.18 Å². The smallest absolute Gasteiger partial charge is 0.254 e. The Kier molecular flexibility index (Phi) is 4.93. The van der Waals surface area contributed by atoms with Crippen molar-refractivity contribution in [3.8, 4) is 5.69 Å². The lowest BCUT2D eigenvalue weighted by Crippen LogP contribution is -2.48. The molecule has 0 saturated carbocycles. The van der Waals surface area contributed by atoms with E-state index in [1.165, 1.54) is 6.07 Å². The zero-order chi connectivity index (χ0) is 18.6. The summed E-state index contributed by atoms with van der Waals surface area (Å²) in [5.41, 5.74) is 2.46. The minimum atomic E-state index is -0.214. The average molecular weight is 365 g/mol. The predicted octanol–water partition coefficient (Wildman–Crippen LogP) is 2.36. The number of carbonyl (C=O) groups excluding carboxylic acids is 1. The van der Waals surface area contributed by atoms with Crippen molar-refractivity contribution in [3.05, 3.63) is 78.1 Å². The van der Waals surface area contributed by atoms with Gasteiger partial charge in [-0.3, -0.25) is 14.3 Å². The van der Waals surface area contributed by atoms with Crippen LogP contribution in [0, 0.1) is 5.82 Å². The number of halogens is 1. The highest BCUT2D eigenvalue weighted by Gasteiger charge is 2.22. The average Bonchev–Trinajstić information content (AvgIpc) is 3.23. The number of amides is 1. The molecule has 0 aliphatic carbocycles. The Balaban J connectivity index is 1.38. The van der Waals surface area contributed by atoms with E-state index >= 15 is 0 Å². The zero-order valence-electron chi connectivity index (χ0n) is 14.8. The summed E-state index contributed by atoms with van der Waals surface area (Å²) in [5, 5.41) is 7.60. The minimum absolute atomic E-state index is 0.0235. The van der Waals surface area contributed by atoms with Crippen LogP contribution >= 0.6 is 0 Å². The molecule has 0 atom stereocenters. The van der Waals surface area contributed by atoms with Gasteiger partial charge in [0.1, 0.15) is 18.5 Å². The Morgan fingerprint density at radius 2 is 1.70 bits per heavy atom. The van der Waals surface area contributed by atoms with Gasteiger partial charge in [-0.05, 0) is 35.9 Å². The Hall–Kier alpha value is -3.06. The highest BCUT2D eigenvalue weighted by atomic mass is 19.1. The molecular weight excluding hydrogens is 345 g/mol. The second-order valence-electron chi connectivity index (χ2n) is 6.62. The zero-order valence-corrected chi connectivity index (χ0v) is 14.8. The van der Waals surface area contributed by atoms with Crippen LogP contribution in [0.4, 0.5) is 4.39 Å². The van der Waals surface area contributed by atoms with Gasteiger partial charge < -0.3 is 4.90 Å². The Labute approximate surface area is 156 Å². The summed E-state index contributed by atoms with van der Waals surface area (Å²) in [5.74, 6) is -0.190. The first-order valence-corrected chi connectivity index (χ1v) is 8.90. The number of aromatic nitrogens is 3. The molecule has 1 aliphatic rings. The molecular formula is C20H20FN5O. The second-order valence-corrected chi connectivity index (χ2v) is 6.62. The molecule has 6 nitrogen and oxygen atoms in total. The van der Waals surface area contributed by atoms with Crippen LogP contribution in [0.25, 0.3) is 5.69 Å². The van der Waals surface area contributed by atoms with E-state index in [4.69, 9.17) is 0 Å². The summed E-state index contributed by atoms with van der Waals surface area (Å²) < 4.78 is 15.1. The Bertz CT molecular complexity index is 920. The van der Waals surface area contributed by atoms with Crippen LogP contribution in [0.1, 0.15) is 15.9 Å². The van der Waals surface area contributed by atoms with E-state index in [0.717, 1.165) is 24.3 Å². The predicted molar refractivity (Wildman–Crippen MR) is 98.9 cm³/mol. The summed E-state index contributed by atoms with van der Waals surface area (Å²) in [4.78, 5) is 17.0. The molecule has 7 heteroatoms. The minimum Gasteiger partial charge on any atom is -0.336 e. The number of carbonyl (C=O) groups is 1. The molecule has 0 radical (unpaired) electrons. The quantitative estimate of drug-likeness (QED) is 0.712. The third-order valence-corrected chi connectivity index (χ3v) is 4.76. The van der Waals surface area contributed by atoms with Crippen LogP contribution in [0.2, 0.25) is 0 Å². The molecule has 3 aromatic rings. The van der Waals surface area contributed by atoms with Crippen molar-refractivity contribution in [3.63, 3.8) is 0 Å². The van der Waals surface area contributed by atoms with E-state index in [9.17, 15) is 9.18 Å². The van der Waals surface area contributed by atoms with Gasteiger partial charge in [0.25, 0.3) is 5.91 Å². The van der Waals surface area contributed by atoms with E-state index in [1.807, 2.05) is 35.2 Å². The van der Waals surface area contributed by atoms with Gasteiger partial charge in [0.05, 0.1) is 0 Å². The summed E-state index contributed by atoms with van der Waals surface area (Å²) in [6.45, 7) is 3.56. The molecule has 1 amide bonds. The van der Waals surface area contributed by atoms with Gasteiger partial charge in [-0.2, -0.15) is 0 Å². The monoisotopic (exact) mass is 365 g/mol. The first-order chi connectivity index (χ1) is 13.2. The van der Waals surface area contributed by atoms with Crippen LogP contribution in [0.3, 0.4) is 0 Å². The highest BCUT2D eigenvalue weighted by Crippen LogP contribution is 2.15. The lowest BCUT2D eigenvalue weighted by atomic mass is 10.1. The van der Waals surface area contributed by atoms with E-state index in [2.05, 4.69) is 15.1 Å². The first-order valence-electron chi connectivity index (χ1n) is 8.90. The molecule has 1 aromatic heterocycles. The van der Waals surface area contributed by atoms with Gasteiger partial charge >= 0.3 is 0 Å². The molecule has 27 heavy (non-hydrogen) atoms. The van der Waals surface area contributed by atoms with Gasteiger partial charge in [-0.25, -0.2) is 4.39 Å². The van der Waals surface area contributed by atoms with Crippen molar-refractivity contribution in [1.82, 2.24) is 24.6 Å². The maximum Gasteiger partial charge on any atom is 0.254 e. The largest absolute Gasteiger partial charge is 0.336 e. The molecule has 2 heterocycles. The summed E-state index contributed by atoms with van der Waals surface area (Å²) in [6.07, 6.45) is 3.21. The van der Waals surface area contributed by atoms with Crippen LogP contribution in [0.15, 0.2) is 61.2 Å². The molecule has 2 aromatic carbocycles. The van der Waals surface area contributed by atoms with Crippen molar-refractivity contribution in [2.24, 2.45) is 0 Å². The van der Waals surface area contributed by atoms with Crippen LogP contribution in [0.5, 0.6) is 0 Å². The number of hydrogen-bond acceptors (Lipinski definition) is 4.